The van der Waals surface area contributed by atoms with Crippen molar-refractivity contribution in [1.29, 1.82) is 0 Å². The van der Waals surface area contributed by atoms with Crippen LogP contribution in [0.15, 0.2) is 46.1 Å². The molecule has 5 N–H and O–H groups in total. The van der Waals surface area contributed by atoms with Gasteiger partial charge in [0.05, 0.1) is 18.3 Å². The largest absolute Gasteiger partial charge is 0.462 e. The average Bonchev–Trinajstić information content (AvgIpc) is 3.24. The smallest absolute Gasteiger partial charge is 0.459 e. The van der Waals surface area contributed by atoms with Crippen molar-refractivity contribution in [2.24, 2.45) is 5.73 Å². The highest BCUT2D eigenvalue weighted by molar-refractivity contribution is 7.52. The van der Waals surface area contributed by atoms with Crippen LogP contribution in [0.25, 0.3) is 0 Å². The van der Waals surface area contributed by atoms with Crippen LogP contribution in [0, 0.1) is 5.82 Å². The van der Waals surface area contributed by atoms with Gasteiger partial charge in [-0.15, -0.1) is 0 Å². The van der Waals surface area contributed by atoms with Crippen molar-refractivity contribution in [3.8, 4) is 5.75 Å². The van der Waals surface area contributed by atoms with Gasteiger partial charge < -0.3 is 24.8 Å². The number of rotatable bonds is 9. The Morgan fingerprint density at radius 1 is 1.31 bits per heavy atom. The van der Waals surface area contributed by atoms with Crippen LogP contribution in [0.5, 0.6) is 5.75 Å². The molecular formula is C21H26FN4O9P. The lowest BCUT2D eigenvalue weighted by Crippen LogP contribution is -2.48. The molecule has 0 amide bonds. The van der Waals surface area contributed by atoms with E-state index in [1.165, 1.54) is 19.1 Å². The van der Waals surface area contributed by atoms with Crippen LogP contribution < -0.4 is 26.6 Å². The Labute approximate surface area is 203 Å². The van der Waals surface area contributed by atoms with Gasteiger partial charge in [0.15, 0.2) is 6.23 Å². The van der Waals surface area contributed by atoms with Crippen LogP contribution in [-0.2, 0) is 23.4 Å². The fourth-order valence-corrected chi connectivity index (χ4v) is 5.57. The van der Waals surface area contributed by atoms with Crippen molar-refractivity contribution < 1.29 is 37.4 Å². The highest BCUT2D eigenvalue weighted by Gasteiger charge is 2.78. The van der Waals surface area contributed by atoms with Crippen molar-refractivity contribution >= 4 is 13.7 Å². The number of ether oxygens (including phenoxy) is 2. The number of hydrogen-bond donors (Lipinski definition) is 4. The first-order valence-corrected chi connectivity index (χ1v) is 12.6. The molecule has 1 saturated carbocycles. The van der Waals surface area contributed by atoms with Crippen LogP contribution in [0.3, 0.4) is 0 Å². The standard InChI is InChI=1S/C21H26FN4O9P/c1-10(2)32-19(28)11(3)25-36(31,34-12-7-5-4-6-8-12)35-16-15-21(16,30)14(23)18(33-15)26-9-13(22)17(27)24-20(26)29/h4-11,14-16,18,30H,23H2,1-3H3,(H,25,31)(H,24,27,29)/t11-,14-,15+,16?,18+,21-,36?/m0/s1. The molecule has 2 unspecified atom stereocenters. The third kappa shape index (κ3) is 4.88. The van der Waals surface area contributed by atoms with Gasteiger partial charge in [-0.1, -0.05) is 18.2 Å². The van der Waals surface area contributed by atoms with Crippen LogP contribution in [0.4, 0.5) is 4.39 Å². The van der Waals surface area contributed by atoms with E-state index in [9.17, 15) is 28.4 Å². The second-order valence-corrected chi connectivity index (χ2v) is 10.4. The maximum absolute atomic E-state index is 13.7. The van der Waals surface area contributed by atoms with Crippen LogP contribution in [0.1, 0.15) is 27.0 Å². The number of benzene rings is 1. The third-order valence-electron chi connectivity index (χ3n) is 5.68. The zero-order valence-electron chi connectivity index (χ0n) is 19.5. The Kier molecular flexibility index (Phi) is 6.94. The number of nitrogens with two attached hydrogens (primary N) is 1. The molecule has 2 aliphatic rings. The first-order chi connectivity index (χ1) is 16.9. The Bertz CT molecular complexity index is 1300. The lowest BCUT2D eigenvalue weighted by Gasteiger charge is -2.27. The van der Waals surface area contributed by atoms with Crippen molar-refractivity contribution in [2.45, 2.75) is 63.0 Å². The van der Waals surface area contributed by atoms with Crippen LogP contribution in [0.2, 0.25) is 0 Å². The van der Waals surface area contributed by atoms with E-state index in [4.69, 9.17) is 24.3 Å². The van der Waals surface area contributed by atoms with E-state index in [1.54, 1.807) is 37.0 Å². The maximum atomic E-state index is 13.7. The molecule has 1 aromatic heterocycles. The first-order valence-electron chi connectivity index (χ1n) is 11.0. The van der Waals surface area contributed by atoms with Crippen molar-refractivity contribution in [1.82, 2.24) is 14.6 Å². The summed E-state index contributed by atoms with van der Waals surface area (Å²) in [6.07, 6.45) is -3.62. The molecule has 4 rings (SSSR count). The lowest BCUT2D eigenvalue weighted by molar-refractivity contribution is -0.149. The van der Waals surface area contributed by atoms with Gasteiger partial charge in [-0.25, -0.2) is 9.36 Å². The number of carbonyl (C=O) groups excluding carboxylic acids is 1. The fraction of sp³-hybridized carbons (Fsp3) is 0.476. The van der Waals surface area contributed by atoms with Crippen molar-refractivity contribution in [3.63, 3.8) is 0 Å². The molecule has 2 fully saturated rings. The number of fused-ring (bicyclic) bond motifs is 1. The molecule has 2 aromatic rings. The van der Waals surface area contributed by atoms with Gasteiger partial charge in [0.1, 0.15) is 29.6 Å². The minimum Gasteiger partial charge on any atom is -0.462 e. The number of hydrogen-bond acceptors (Lipinski definition) is 10. The van der Waals surface area contributed by atoms with Gasteiger partial charge in [0.25, 0.3) is 5.56 Å². The monoisotopic (exact) mass is 528 g/mol. The second-order valence-electron chi connectivity index (χ2n) is 8.77. The number of carbonyl (C=O) groups is 1. The number of H-pyrrole nitrogens is 1. The highest BCUT2D eigenvalue weighted by Crippen LogP contribution is 2.60. The predicted molar refractivity (Wildman–Crippen MR) is 121 cm³/mol. The summed E-state index contributed by atoms with van der Waals surface area (Å²) >= 11 is 0. The molecule has 1 aromatic carbocycles. The molecule has 2 heterocycles. The number of nitrogens with one attached hydrogen (secondary N) is 2. The van der Waals surface area contributed by atoms with E-state index >= 15 is 0 Å². The zero-order valence-corrected chi connectivity index (χ0v) is 20.4. The van der Waals surface area contributed by atoms with Gasteiger partial charge in [0.2, 0.25) is 5.82 Å². The molecule has 0 radical (unpaired) electrons. The molecule has 0 bridgehead atoms. The normalized spacial score (nSPS) is 29.3. The zero-order chi connectivity index (χ0) is 26.4. The van der Waals surface area contributed by atoms with Crippen LogP contribution in [-0.4, -0.2) is 56.6 Å². The van der Waals surface area contributed by atoms with Crippen molar-refractivity contribution in [3.05, 3.63) is 63.2 Å². The van der Waals surface area contributed by atoms with Gasteiger partial charge in [-0.3, -0.25) is 23.7 Å². The van der Waals surface area contributed by atoms with Gasteiger partial charge >= 0.3 is 19.4 Å². The molecule has 13 nitrogen and oxygen atoms in total. The molecule has 7 atom stereocenters. The van der Waals surface area contributed by atoms with E-state index in [1.807, 2.05) is 0 Å². The Morgan fingerprint density at radius 2 is 1.97 bits per heavy atom. The number of esters is 1. The Hall–Kier alpha value is -2.87. The van der Waals surface area contributed by atoms with E-state index in [0.29, 0.717) is 10.8 Å². The van der Waals surface area contributed by atoms with Gasteiger partial charge in [0, 0.05) is 0 Å². The second kappa shape index (κ2) is 9.54. The summed E-state index contributed by atoms with van der Waals surface area (Å²) in [6.45, 7) is 4.69. The topological polar surface area (TPSA) is 184 Å². The van der Waals surface area contributed by atoms with E-state index in [0.717, 1.165) is 0 Å². The van der Waals surface area contributed by atoms with Gasteiger partial charge in [-0.2, -0.15) is 9.48 Å². The lowest BCUT2D eigenvalue weighted by atomic mass is 10.1. The first kappa shape index (κ1) is 26.2. The highest BCUT2D eigenvalue weighted by atomic mass is 31.2. The van der Waals surface area contributed by atoms with Crippen molar-refractivity contribution in [2.75, 3.05) is 0 Å². The third-order valence-corrected chi connectivity index (χ3v) is 7.34. The molecule has 196 valence electrons. The van der Waals surface area contributed by atoms with E-state index < -0.39 is 73.0 Å². The maximum Gasteiger partial charge on any atom is 0.459 e. The molecule has 0 spiro atoms. The molecular weight excluding hydrogens is 502 g/mol. The summed E-state index contributed by atoms with van der Waals surface area (Å²) in [7, 11) is -4.35. The molecule has 1 saturated heterocycles. The number of halogens is 1. The Morgan fingerprint density at radius 3 is 2.56 bits per heavy atom. The summed E-state index contributed by atoms with van der Waals surface area (Å²) in [5.74, 6) is -1.82. The average molecular weight is 528 g/mol. The number of para-hydroxylation sites is 1. The van der Waals surface area contributed by atoms with Crippen LogP contribution >= 0.6 is 7.75 Å². The quantitative estimate of drug-likeness (QED) is 0.257. The summed E-state index contributed by atoms with van der Waals surface area (Å²) < 4.78 is 50.0. The Balaban J connectivity index is 1.54. The number of aromatic amines is 1. The fourth-order valence-electron chi connectivity index (χ4n) is 3.85. The summed E-state index contributed by atoms with van der Waals surface area (Å²) in [5.41, 5.74) is 1.95. The number of aromatic nitrogens is 2. The minimum absolute atomic E-state index is 0.147. The number of nitrogens with zero attached hydrogens (tertiary/aromatic N) is 1. The summed E-state index contributed by atoms with van der Waals surface area (Å²) in [6, 6.07) is 5.50. The molecule has 1 aliphatic carbocycles. The SMILES string of the molecule is CC(C)OC(=O)[C@H](C)NP(=O)(Oc1ccccc1)OC1[C@H]2O[C@@H](n3cc(F)c(=O)[nH]c3=O)[C@H](N)[C@@]12O. The van der Waals surface area contributed by atoms with E-state index in [2.05, 4.69) is 5.09 Å². The summed E-state index contributed by atoms with van der Waals surface area (Å²) in [5, 5.41) is 13.6. The molecule has 36 heavy (non-hydrogen) atoms. The molecule has 15 heteroatoms. The van der Waals surface area contributed by atoms with E-state index in [-0.39, 0.29) is 5.75 Å². The van der Waals surface area contributed by atoms with Gasteiger partial charge in [-0.05, 0) is 32.9 Å². The summed E-state index contributed by atoms with van der Waals surface area (Å²) in [4.78, 5) is 37.5. The predicted octanol–water partition coefficient (Wildman–Crippen LogP) is 0.147. The molecule has 1 aliphatic heterocycles. The number of aliphatic hydroxyl groups is 1. The minimum atomic E-state index is -4.35.